The monoisotopic (exact) mass is 320 g/mol. The molecule has 0 fully saturated rings. The number of aliphatic carboxylic acids is 1. The summed E-state index contributed by atoms with van der Waals surface area (Å²) in [5, 5.41) is 15.6. The van der Waals surface area contributed by atoms with E-state index in [1.165, 1.54) is 13.8 Å². The van der Waals surface area contributed by atoms with Crippen molar-refractivity contribution in [2.75, 3.05) is 12.3 Å². The molecule has 21 heavy (non-hydrogen) atoms. The van der Waals surface area contributed by atoms with Crippen molar-refractivity contribution < 1.29 is 24.3 Å². The largest absolute Gasteiger partial charge is 0.480 e. The number of carbonyl (C=O) groups is 4. The zero-order valence-corrected chi connectivity index (χ0v) is 12.6. The topological polar surface area (TPSA) is 151 Å². The maximum Gasteiger partial charge on any atom is 0.325 e. The number of amides is 3. The maximum absolute atomic E-state index is 11.8. The molecule has 0 aliphatic heterocycles. The third kappa shape index (κ3) is 6.95. The SMILES string of the molecule is CC(NC(=O)C(C)NC(=O)C(CS)NC(=O)CN)C(=O)O. The molecule has 3 atom stereocenters. The quantitative estimate of drug-likeness (QED) is 0.271. The number of thiol groups is 1. The maximum atomic E-state index is 11.8. The van der Waals surface area contributed by atoms with Gasteiger partial charge in [0.1, 0.15) is 18.1 Å². The van der Waals surface area contributed by atoms with Crippen molar-refractivity contribution in [3.8, 4) is 0 Å². The van der Waals surface area contributed by atoms with Crippen molar-refractivity contribution in [3.63, 3.8) is 0 Å². The van der Waals surface area contributed by atoms with Crippen LogP contribution in [-0.2, 0) is 19.2 Å². The van der Waals surface area contributed by atoms with E-state index in [9.17, 15) is 19.2 Å². The van der Waals surface area contributed by atoms with Gasteiger partial charge in [-0.25, -0.2) is 0 Å². The Hall–Kier alpha value is -1.81. The Balaban J connectivity index is 4.50. The van der Waals surface area contributed by atoms with Gasteiger partial charge in [0.15, 0.2) is 0 Å². The van der Waals surface area contributed by atoms with Gasteiger partial charge in [-0.1, -0.05) is 0 Å². The first-order valence-corrected chi connectivity index (χ1v) is 6.80. The van der Waals surface area contributed by atoms with Crippen molar-refractivity contribution in [1.82, 2.24) is 16.0 Å². The van der Waals surface area contributed by atoms with E-state index in [2.05, 4.69) is 28.6 Å². The number of rotatable bonds is 8. The van der Waals surface area contributed by atoms with Gasteiger partial charge in [-0.2, -0.15) is 12.6 Å². The Kier molecular flexibility index (Phi) is 8.39. The van der Waals surface area contributed by atoms with Crippen LogP contribution in [0.15, 0.2) is 0 Å². The molecule has 0 heterocycles. The van der Waals surface area contributed by atoms with Gasteiger partial charge >= 0.3 is 5.97 Å². The molecule has 9 nitrogen and oxygen atoms in total. The fraction of sp³-hybridized carbons (Fsp3) is 0.636. The summed E-state index contributed by atoms with van der Waals surface area (Å²) in [5.74, 6) is -2.96. The molecule has 6 N–H and O–H groups in total. The van der Waals surface area contributed by atoms with Gasteiger partial charge < -0.3 is 26.8 Å². The van der Waals surface area contributed by atoms with Gasteiger partial charge in [-0.05, 0) is 13.8 Å². The van der Waals surface area contributed by atoms with Crippen LogP contribution in [0.4, 0.5) is 0 Å². The predicted molar refractivity (Wildman–Crippen MR) is 77.7 cm³/mol. The summed E-state index contributed by atoms with van der Waals surface area (Å²) in [5.41, 5.74) is 5.12. The van der Waals surface area contributed by atoms with Gasteiger partial charge in [0.25, 0.3) is 0 Å². The van der Waals surface area contributed by atoms with E-state index < -0.39 is 41.8 Å². The Morgan fingerprint density at radius 3 is 2.00 bits per heavy atom. The van der Waals surface area contributed by atoms with E-state index in [0.717, 1.165) is 0 Å². The van der Waals surface area contributed by atoms with Crippen LogP contribution >= 0.6 is 12.6 Å². The second kappa shape index (κ2) is 9.19. The number of carboxylic acid groups (broad SMARTS) is 1. The fourth-order valence-electron chi connectivity index (χ4n) is 1.23. The highest BCUT2D eigenvalue weighted by Crippen LogP contribution is 1.93. The first-order chi connectivity index (χ1) is 9.72. The summed E-state index contributed by atoms with van der Waals surface area (Å²) in [6.07, 6.45) is 0. The number of carboxylic acids is 1. The Labute approximate surface area is 127 Å². The highest BCUT2D eigenvalue weighted by Gasteiger charge is 2.24. The molecule has 0 bridgehead atoms. The number of hydrogen-bond donors (Lipinski definition) is 6. The molecule has 0 aliphatic carbocycles. The smallest absolute Gasteiger partial charge is 0.325 e. The summed E-state index contributed by atoms with van der Waals surface area (Å²) in [7, 11) is 0. The summed E-state index contributed by atoms with van der Waals surface area (Å²) in [6, 6.07) is -2.97. The molecule has 0 aromatic rings. The van der Waals surface area contributed by atoms with Gasteiger partial charge in [0.2, 0.25) is 17.7 Å². The first-order valence-electron chi connectivity index (χ1n) is 6.16. The van der Waals surface area contributed by atoms with Crippen molar-refractivity contribution >= 4 is 36.3 Å². The molecule has 0 aromatic carbocycles. The number of hydrogen-bond acceptors (Lipinski definition) is 6. The molecule has 0 aliphatic rings. The van der Waals surface area contributed by atoms with Crippen molar-refractivity contribution in [2.24, 2.45) is 5.73 Å². The lowest BCUT2D eigenvalue weighted by molar-refractivity contribution is -0.141. The molecule has 3 unspecified atom stereocenters. The van der Waals surface area contributed by atoms with Crippen LogP contribution in [0, 0.1) is 0 Å². The van der Waals surface area contributed by atoms with Crippen LogP contribution in [0.3, 0.4) is 0 Å². The van der Waals surface area contributed by atoms with Crippen molar-refractivity contribution in [2.45, 2.75) is 32.0 Å². The van der Waals surface area contributed by atoms with Crippen molar-refractivity contribution in [3.05, 3.63) is 0 Å². The Morgan fingerprint density at radius 1 is 1.05 bits per heavy atom. The minimum absolute atomic E-state index is 0.0252. The molecule has 0 spiro atoms. The highest BCUT2D eigenvalue weighted by atomic mass is 32.1. The van der Waals surface area contributed by atoms with Crippen LogP contribution in [-0.4, -0.2) is 59.2 Å². The second-order valence-corrected chi connectivity index (χ2v) is 4.67. The highest BCUT2D eigenvalue weighted by molar-refractivity contribution is 7.80. The van der Waals surface area contributed by atoms with Crippen LogP contribution < -0.4 is 21.7 Å². The first kappa shape index (κ1) is 19.2. The minimum Gasteiger partial charge on any atom is -0.480 e. The summed E-state index contributed by atoms with van der Waals surface area (Å²) < 4.78 is 0. The van der Waals surface area contributed by atoms with Crippen LogP contribution in [0.2, 0.25) is 0 Å². The number of nitrogens with one attached hydrogen (secondary N) is 3. The molecule has 0 aromatic heterocycles. The predicted octanol–water partition coefficient (Wildman–Crippen LogP) is -2.55. The van der Waals surface area contributed by atoms with E-state index in [-0.39, 0.29) is 12.3 Å². The Bertz CT molecular complexity index is 417. The van der Waals surface area contributed by atoms with Gasteiger partial charge in [-0.15, -0.1) is 0 Å². The molecule has 120 valence electrons. The second-order valence-electron chi connectivity index (χ2n) is 4.31. The number of carbonyl (C=O) groups excluding carboxylic acids is 3. The van der Waals surface area contributed by atoms with Crippen LogP contribution in [0.25, 0.3) is 0 Å². The molecule has 10 heteroatoms. The van der Waals surface area contributed by atoms with Crippen molar-refractivity contribution in [1.29, 1.82) is 0 Å². The molecule has 0 radical (unpaired) electrons. The third-order valence-corrected chi connectivity index (χ3v) is 2.87. The van der Waals surface area contributed by atoms with Crippen LogP contribution in [0.1, 0.15) is 13.8 Å². The van der Waals surface area contributed by atoms with Crippen LogP contribution in [0.5, 0.6) is 0 Å². The molecular formula is C11H20N4O5S. The van der Waals surface area contributed by atoms with E-state index in [1.54, 1.807) is 0 Å². The summed E-state index contributed by atoms with van der Waals surface area (Å²) >= 11 is 3.93. The normalized spacial score (nSPS) is 14.5. The average molecular weight is 320 g/mol. The zero-order chi connectivity index (χ0) is 16.6. The summed E-state index contributed by atoms with van der Waals surface area (Å²) in [6.45, 7) is 2.42. The summed E-state index contributed by atoms with van der Waals surface area (Å²) in [4.78, 5) is 45.3. The lowest BCUT2D eigenvalue weighted by Crippen LogP contribution is -2.55. The van der Waals surface area contributed by atoms with E-state index in [4.69, 9.17) is 10.8 Å². The third-order valence-electron chi connectivity index (χ3n) is 2.50. The van der Waals surface area contributed by atoms with Gasteiger partial charge in [0, 0.05) is 5.75 Å². The van der Waals surface area contributed by atoms with Gasteiger partial charge in [-0.3, -0.25) is 19.2 Å². The molecule has 0 rings (SSSR count). The molecule has 3 amide bonds. The Morgan fingerprint density at radius 2 is 1.57 bits per heavy atom. The lowest BCUT2D eigenvalue weighted by Gasteiger charge is -2.20. The number of nitrogens with two attached hydrogens (primary N) is 1. The van der Waals surface area contributed by atoms with Gasteiger partial charge in [0.05, 0.1) is 6.54 Å². The zero-order valence-electron chi connectivity index (χ0n) is 11.8. The lowest BCUT2D eigenvalue weighted by atomic mass is 10.2. The molecule has 0 saturated carbocycles. The standard InChI is InChI=1S/C11H20N4O5S/c1-5(9(17)14-6(2)11(19)20)13-10(18)7(4-21)15-8(16)3-12/h5-7,21H,3-4,12H2,1-2H3,(H,13,18)(H,14,17)(H,15,16)(H,19,20). The molecular weight excluding hydrogens is 300 g/mol. The van der Waals surface area contributed by atoms with E-state index in [1.807, 2.05) is 0 Å². The average Bonchev–Trinajstić information content (AvgIpc) is 2.43. The van der Waals surface area contributed by atoms with E-state index >= 15 is 0 Å². The molecule has 0 saturated heterocycles. The van der Waals surface area contributed by atoms with E-state index in [0.29, 0.717) is 0 Å². The fourth-order valence-corrected chi connectivity index (χ4v) is 1.48. The minimum atomic E-state index is -1.19.